The summed E-state index contributed by atoms with van der Waals surface area (Å²) < 4.78 is 7.88. The van der Waals surface area contributed by atoms with Crippen LogP contribution in [0, 0.1) is 12.3 Å². The number of hydrogen-bond donors (Lipinski definition) is 0. The summed E-state index contributed by atoms with van der Waals surface area (Å²) in [4.78, 5) is 26.0. The van der Waals surface area contributed by atoms with Gasteiger partial charge in [0.1, 0.15) is 12.4 Å². The molecule has 150 valence electrons. The van der Waals surface area contributed by atoms with Crippen molar-refractivity contribution in [2.75, 3.05) is 13.2 Å². The number of para-hydroxylation sites is 1. The van der Waals surface area contributed by atoms with Gasteiger partial charge in [-0.25, -0.2) is 0 Å². The summed E-state index contributed by atoms with van der Waals surface area (Å²) in [5, 5.41) is 1.31. The molecule has 1 aromatic heterocycles. The van der Waals surface area contributed by atoms with E-state index in [4.69, 9.17) is 22.8 Å². The lowest BCUT2D eigenvalue weighted by Crippen LogP contribution is -2.28. The fourth-order valence-electron chi connectivity index (χ4n) is 3.24. The molecule has 5 nitrogen and oxygen atoms in total. The van der Waals surface area contributed by atoms with Gasteiger partial charge in [0.2, 0.25) is 0 Å². The Morgan fingerprint density at radius 2 is 1.90 bits per heavy atom. The fraction of sp³-hybridized carbons (Fsp3) is 0.130. The number of rotatable bonds is 6. The highest BCUT2D eigenvalue weighted by molar-refractivity contribution is 8.18. The summed E-state index contributed by atoms with van der Waals surface area (Å²) in [6.45, 7) is 1.07. The van der Waals surface area contributed by atoms with E-state index in [1.165, 1.54) is 0 Å². The normalized spacial score (nSPS) is 15.2. The second-order valence-electron chi connectivity index (χ2n) is 6.57. The number of hydrogen-bond acceptors (Lipinski definition) is 4. The number of ether oxygens (including phenoxy) is 1. The molecule has 0 unspecified atom stereocenters. The standard InChI is InChI=1S/C23H17ClN2O3S/c1-2-11-26-22(27)21(30-23(26)28)14-16-15-25(20-6-4-3-5-19(16)20)12-13-29-18-9-7-17(24)8-10-18/h1,3-10,14-15H,11-13H2/b21-14-. The van der Waals surface area contributed by atoms with Crippen LogP contribution in [0.25, 0.3) is 17.0 Å². The van der Waals surface area contributed by atoms with Crippen LogP contribution in [0.1, 0.15) is 5.56 Å². The number of carbonyl (C=O) groups is 2. The van der Waals surface area contributed by atoms with Crippen molar-refractivity contribution in [1.29, 1.82) is 0 Å². The van der Waals surface area contributed by atoms with Crippen molar-refractivity contribution in [3.63, 3.8) is 0 Å². The molecule has 2 heterocycles. The molecule has 4 rings (SSSR count). The van der Waals surface area contributed by atoms with Gasteiger partial charge in [-0.05, 0) is 48.2 Å². The minimum Gasteiger partial charge on any atom is -0.492 e. The zero-order valence-electron chi connectivity index (χ0n) is 15.9. The summed E-state index contributed by atoms with van der Waals surface area (Å²) in [5.41, 5.74) is 1.88. The third-order valence-corrected chi connectivity index (χ3v) is 5.80. The molecule has 1 saturated heterocycles. The first kappa shape index (κ1) is 20.1. The predicted octanol–water partition coefficient (Wildman–Crippen LogP) is 5.04. The Morgan fingerprint density at radius 3 is 2.67 bits per heavy atom. The lowest BCUT2D eigenvalue weighted by Gasteiger charge is -2.08. The molecule has 2 aromatic carbocycles. The molecule has 0 bridgehead atoms. The molecule has 3 aromatic rings. The molecule has 1 fully saturated rings. The van der Waals surface area contributed by atoms with Crippen molar-refractivity contribution in [1.82, 2.24) is 9.47 Å². The van der Waals surface area contributed by atoms with Gasteiger partial charge in [0.05, 0.1) is 18.0 Å². The molecular formula is C23H17ClN2O3S. The van der Waals surface area contributed by atoms with Gasteiger partial charge in [-0.3, -0.25) is 14.5 Å². The van der Waals surface area contributed by atoms with Gasteiger partial charge in [0.15, 0.2) is 0 Å². The fourth-order valence-corrected chi connectivity index (χ4v) is 4.19. The largest absolute Gasteiger partial charge is 0.492 e. The van der Waals surface area contributed by atoms with Crippen LogP contribution in [-0.2, 0) is 11.3 Å². The molecule has 0 saturated carbocycles. The third-order valence-electron chi connectivity index (χ3n) is 4.64. The second kappa shape index (κ2) is 8.70. The lowest BCUT2D eigenvalue weighted by atomic mass is 10.1. The van der Waals surface area contributed by atoms with E-state index in [-0.39, 0.29) is 17.7 Å². The van der Waals surface area contributed by atoms with Crippen molar-refractivity contribution in [2.45, 2.75) is 6.54 Å². The Labute approximate surface area is 183 Å². The molecule has 2 amide bonds. The van der Waals surface area contributed by atoms with Crippen molar-refractivity contribution in [2.24, 2.45) is 0 Å². The Bertz CT molecular complexity index is 1190. The van der Waals surface area contributed by atoms with E-state index in [9.17, 15) is 9.59 Å². The van der Waals surface area contributed by atoms with Crippen LogP contribution in [0.3, 0.4) is 0 Å². The first-order valence-corrected chi connectivity index (χ1v) is 10.4. The van der Waals surface area contributed by atoms with E-state index >= 15 is 0 Å². The van der Waals surface area contributed by atoms with Crippen LogP contribution in [0.4, 0.5) is 4.79 Å². The molecule has 30 heavy (non-hydrogen) atoms. The third kappa shape index (κ3) is 4.09. The number of carbonyl (C=O) groups excluding carboxylic acids is 2. The van der Waals surface area contributed by atoms with Gasteiger partial charge in [-0.15, -0.1) is 6.42 Å². The Balaban J connectivity index is 1.57. The van der Waals surface area contributed by atoms with Crippen LogP contribution in [0.5, 0.6) is 5.75 Å². The van der Waals surface area contributed by atoms with Crippen LogP contribution in [-0.4, -0.2) is 33.8 Å². The molecular weight excluding hydrogens is 420 g/mol. The quantitative estimate of drug-likeness (QED) is 0.401. The van der Waals surface area contributed by atoms with E-state index < -0.39 is 0 Å². The van der Waals surface area contributed by atoms with Gasteiger partial charge in [0.25, 0.3) is 11.1 Å². The van der Waals surface area contributed by atoms with E-state index in [1.54, 1.807) is 18.2 Å². The Kier molecular flexibility index (Phi) is 5.84. The minimum absolute atomic E-state index is 0.0220. The first-order valence-electron chi connectivity index (χ1n) is 9.22. The van der Waals surface area contributed by atoms with Gasteiger partial charge in [0, 0.05) is 27.7 Å². The number of benzene rings is 2. The number of terminal acetylenes is 1. The first-order chi connectivity index (χ1) is 14.6. The molecule has 0 N–H and O–H groups in total. The summed E-state index contributed by atoms with van der Waals surface area (Å²) in [5.74, 6) is 2.74. The van der Waals surface area contributed by atoms with E-state index in [0.717, 1.165) is 38.9 Å². The number of halogens is 1. The number of imide groups is 1. The van der Waals surface area contributed by atoms with Crippen molar-refractivity contribution in [3.05, 3.63) is 70.2 Å². The SMILES string of the molecule is C#CCN1C(=O)S/C(=C\c2cn(CCOc3ccc(Cl)cc3)c3ccccc23)C1=O. The second-order valence-corrected chi connectivity index (χ2v) is 8.00. The molecule has 0 spiro atoms. The van der Waals surface area contributed by atoms with Gasteiger partial charge >= 0.3 is 0 Å². The molecule has 0 radical (unpaired) electrons. The van der Waals surface area contributed by atoms with Crippen LogP contribution in [0.15, 0.2) is 59.6 Å². The summed E-state index contributed by atoms with van der Waals surface area (Å²) in [6, 6.07) is 15.1. The molecule has 0 aliphatic carbocycles. The topological polar surface area (TPSA) is 51.5 Å². The molecule has 1 aliphatic heterocycles. The van der Waals surface area contributed by atoms with Crippen LogP contribution >= 0.6 is 23.4 Å². The molecule has 1 aliphatic rings. The highest BCUT2D eigenvalue weighted by atomic mass is 35.5. The number of thioether (sulfide) groups is 1. The monoisotopic (exact) mass is 436 g/mol. The van der Waals surface area contributed by atoms with Gasteiger partial charge in [-0.1, -0.05) is 35.7 Å². The number of fused-ring (bicyclic) bond motifs is 1. The minimum atomic E-state index is -0.356. The van der Waals surface area contributed by atoms with Crippen molar-refractivity contribution in [3.8, 4) is 18.1 Å². The zero-order chi connectivity index (χ0) is 21.1. The lowest BCUT2D eigenvalue weighted by molar-refractivity contribution is -0.122. The van der Waals surface area contributed by atoms with Crippen molar-refractivity contribution < 1.29 is 14.3 Å². The molecule has 7 heteroatoms. The average Bonchev–Trinajstić information content (AvgIpc) is 3.22. The van der Waals surface area contributed by atoms with E-state index in [1.807, 2.05) is 42.6 Å². The number of amides is 2. The van der Waals surface area contributed by atoms with Gasteiger partial charge in [-0.2, -0.15) is 0 Å². The number of aromatic nitrogens is 1. The maximum Gasteiger partial charge on any atom is 0.294 e. The summed E-state index contributed by atoms with van der Waals surface area (Å²) in [7, 11) is 0. The van der Waals surface area contributed by atoms with Crippen molar-refractivity contribution >= 4 is 51.5 Å². The maximum atomic E-state index is 12.5. The maximum absolute atomic E-state index is 12.5. The average molecular weight is 437 g/mol. The zero-order valence-corrected chi connectivity index (χ0v) is 17.4. The predicted molar refractivity (Wildman–Crippen MR) is 120 cm³/mol. The van der Waals surface area contributed by atoms with E-state index in [0.29, 0.717) is 23.1 Å². The number of nitrogens with zero attached hydrogens (tertiary/aromatic N) is 2. The van der Waals surface area contributed by atoms with Gasteiger partial charge < -0.3 is 9.30 Å². The van der Waals surface area contributed by atoms with Crippen LogP contribution in [0.2, 0.25) is 5.02 Å². The van der Waals surface area contributed by atoms with Crippen LogP contribution < -0.4 is 4.74 Å². The highest BCUT2D eigenvalue weighted by Crippen LogP contribution is 2.34. The summed E-state index contributed by atoms with van der Waals surface area (Å²) >= 11 is 6.81. The summed E-state index contributed by atoms with van der Waals surface area (Å²) in [6.07, 6.45) is 8.97. The van der Waals surface area contributed by atoms with E-state index in [2.05, 4.69) is 10.5 Å². The molecule has 0 atom stereocenters. The Morgan fingerprint density at radius 1 is 1.13 bits per heavy atom. The Hall–Kier alpha value is -3.14. The smallest absolute Gasteiger partial charge is 0.294 e. The highest BCUT2D eigenvalue weighted by Gasteiger charge is 2.34.